The predicted molar refractivity (Wildman–Crippen MR) is 117 cm³/mol. The molecule has 2 aromatic carbocycles. The number of aromatic nitrogens is 2. The van der Waals surface area contributed by atoms with Crippen molar-refractivity contribution in [3.8, 4) is 0 Å². The van der Waals surface area contributed by atoms with Crippen molar-refractivity contribution < 1.29 is 13.2 Å². The number of hydrogen-bond acceptors (Lipinski definition) is 4. The van der Waals surface area contributed by atoms with E-state index in [1.165, 1.54) is 21.3 Å². The van der Waals surface area contributed by atoms with Crippen LogP contribution in [0.4, 0.5) is 5.69 Å². The van der Waals surface area contributed by atoms with Crippen LogP contribution in [0.15, 0.2) is 46.1 Å². The number of amides is 1. The first-order valence-corrected chi connectivity index (χ1v) is 11.0. The first-order chi connectivity index (χ1) is 14.1. The van der Waals surface area contributed by atoms with Crippen LogP contribution in [0.25, 0.3) is 11.0 Å². The van der Waals surface area contributed by atoms with Crippen molar-refractivity contribution in [2.24, 2.45) is 14.1 Å². The molecule has 0 saturated heterocycles. The molecular formula is C21H26N4O4S. The molecule has 1 aromatic heterocycles. The highest BCUT2D eigenvalue weighted by atomic mass is 32.2. The van der Waals surface area contributed by atoms with Gasteiger partial charge in [-0.2, -0.15) is 4.31 Å². The topological polar surface area (TPSA) is 93.4 Å². The fraction of sp³-hybridized carbons (Fsp3) is 0.333. The molecule has 8 nitrogen and oxygen atoms in total. The number of nitrogens with zero attached hydrogens (tertiary/aromatic N) is 3. The molecule has 0 unspecified atom stereocenters. The number of aryl methyl sites for hydroxylation is 4. The molecule has 9 heteroatoms. The van der Waals surface area contributed by atoms with Gasteiger partial charge in [-0.15, -0.1) is 0 Å². The van der Waals surface area contributed by atoms with Gasteiger partial charge in [-0.05, 0) is 55.3 Å². The van der Waals surface area contributed by atoms with E-state index in [9.17, 15) is 18.0 Å². The minimum atomic E-state index is -3.92. The summed E-state index contributed by atoms with van der Waals surface area (Å²) in [6, 6.07) is 10.1. The van der Waals surface area contributed by atoms with Crippen LogP contribution in [0.2, 0.25) is 0 Å². The second-order valence-electron chi connectivity index (χ2n) is 7.33. The number of anilines is 1. The number of imidazole rings is 1. The molecule has 0 bridgehead atoms. The van der Waals surface area contributed by atoms with Crippen molar-refractivity contribution in [3.05, 3.63) is 58.0 Å². The number of hydrogen-bond donors (Lipinski definition) is 1. The zero-order valence-electron chi connectivity index (χ0n) is 17.8. The van der Waals surface area contributed by atoms with Crippen molar-refractivity contribution in [1.29, 1.82) is 0 Å². The highest BCUT2D eigenvalue weighted by Crippen LogP contribution is 2.21. The summed E-state index contributed by atoms with van der Waals surface area (Å²) in [6.07, 6.45) is 0. The van der Waals surface area contributed by atoms with Crippen molar-refractivity contribution in [1.82, 2.24) is 13.4 Å². The van der Waals surface area contributed by atoms with Crippen LogP contribution in [0.1, 0.15) is 18.1 Å². The Kier molecular flexibility index (Phi) is 5.87. The molecule has 0 radical (unpaired) electrons. The third-order valence-corrected chi connectivity index (χ3v) is 7.26. The number of likely N-dealkylation sites (N-methyl/N-ethyl adjacent to an activating group) is 1. The van der Waals surface area contributed by atoms with Crippen LogP contribution >= 0.6 is 0 Å². The third-order valence-electron chi connectivity index (χ3n) is 5.34. The highest BCUT2D eigenvalue weighted by molar-refractivity contribution is 7.89. The van der Waals surface area contributed by atoms with Gasteiger partial charge in [0.15, 0.2) is 0 Å². The Morgan fingerprint density at radius 1 is 1.00 bits per heavy atom. The molecule has 3 aromatic rings. The zero-order chi connectivity index (χ0) is 22.2. The predicted octanol–water partition coefficient (Wildman–Crippen LogP) is 2.14. The average Bonchev–Trinajstić information content (AvgIpc) is 2.92. The van der Waals surface area contributed by atoms with Gasteiger partial charge < -0.3 is 5.32 Å². The van der Waals surface area contributed by atoms with Gasteiger partial charge in [-0.3, -0.25) is 13.9 Å². The van der Waals surface area contributed by atoms with Crippen molar-refractivity contribution in [2.75, 3.05) is 18.4 Å². The maximum atomic E-state index is 13.1. The lowest BCUT2D eigenvalue weighted by atomic mass is 10.1. The summed E-state index contributed by atoms with van der Waals surface area (Å²) < 4.78 is 30.3. The van der Waals surface area contributed by atoms with Gasteiger partial charge in [-0.25, -0.2) is 13.2 Å². The molecule has 0 aliphatic rings. The molecule has 0 saturated carbocycles. The Bertz CT molecular complexity index is 1290. The van der Waals surface area contributed by atoms with E-state index in [2.05, 4.69) is 5.32 Å². The first kappa shape index (κ1) is 21.8. The van der Waals surface area contributed by atoms with Crippen LogP contribution in [0, 0.1) is 13.8 Å². The van der Waals surface area contributed by atoms with Crippen molar-refractivity contribution in [2.45, 2.75) is 25.7 Å². The summed E-state index contributed by atoms with van der Waals surface area (Å²) in [7, 11) is -0.691. The van der Waals surface area contributed by atoms with Crippen LogP contribution in [0.3, 0.4) is 0 Å². The number of rotatable bonds is 6. The molecule has 1 heterocycles. The van der Waals surface area contributed by atoms with E-state index < -0.39 is 15.9 Å². The molecule has 0 fully saturated rings. The second kappa shape index (κ2) is 8.08. The lowest BCUT2D eigenvalue weighted by molar-refractivity contribution is -0.116. The quantitative estimate of drug-likeness (QED) is 0.648. The maximum absolute atomic E-state index is 13.1. The molecule has 30 heavy (non-hydrogen) atoms. The summed E-state index contributed by atoms with van der Waals surface area (Å²) in [5.74, 6) is -0.420. The molecule has 0 aliphatic heterocycles. The molecule has 160 valence electrons. The lowest BCUT2D eigenvalue weighted by Crippen LogP contribution is -2.37. The van der Waals surface area contributed by atoms with Crippen LogP contribution in [0.5, 0.6) is 0 Å². The number of carbonyl (C=O) groups excluding carboxylic acids is 1. The fourth-order valence-electron chi connectivity index (χ4n) is 3.34. The fourth-order valence-corrected chi connectivity index (χ4v) is 4.77. The van der Waals surface area contributed by atoms with Gasteiger partial charge in [0.2, 0.25) is 15.9 Å². The van der Waals surface area contributed by atoms with E-state index in [0.29, 0.717) is 16.7 Å². The number of fused-ring (bicyclic) bond motifs is 1. The van der Waals surface area contributed by atoms with E-state index in [4.69, 9.17) is 0 Å². The normalized spacial score (nSPS) is 11.9. The summed E-state index contributed by atoms with van der Waals surface area (Å²) in [5, 5.41) is 2.75. The van der Waals surface area contributed by atoms with Gasteiger partial charge in [-0.1, -0.05) is 13.0 Å². The van der Waals surface area contributed by atoms with Crippen LogP contribution < -0.4 is 11.0 Å². The van der Waals surface area contributed by atoms with Crippen molar-refractivity contribution in [3.63, 3.8) is 0 Å². The summed E-state index contributed by atoms with van der Waals surface area (Å²) >= 11 is 0. The maximum Gasteiger partial charge on any atom is 0.328 e. The SMILES string of the molecule is CCN(CC(=O)Nc1ccc(C)c(C)c1)S(=O)(=O)c1ccc2c(c1)n(C)c(=O)n2C. The van der Waals surface area contributed by atoms with Gasteiger partial charge in [0.1, 0.15) is 0 Å². The number of benzene rings is 2. The van der Waals surface area contributed by atoms with Crippen LogP contribution in [-0.2, 0) is 28.9 Å². The van der Waals surface area contributed by atoms with Gasteiger partial charge >= 0.3 is 5.69 Å². The largest absolute Gasteiger partial charge is 0.328 e. The Morgan fingerprint density at radius 3 is 2.30 bits per heavy atom. The number of sulfonamides is 1. The van der Waals surface area contributed by atoms with E-state index in [-0.39, 0.29) is 23.7 Å². The summed E-state index contributed by atoms with van der Waals surface area (Å²) in [6.45, 7) is 5.43. The number of nitrogens with one attached hydrogen (secondary N) is 1. The minimum absolute atomic E-state index is 0.0389. The molecule has 0 atom stereocenters. The van der Waals surface area contributed by atoms with E-state index >= 15 is 0 Å². The molecular weight excluding hydrogens is 404 g/mol. The molecule has 1 amide bonds. The second-order valence-corrected chi connectivity index (χ2v) is 9.27. The van der Waals surface area contributed by atoms with E-state index in [1.807, 2.05) is 26.0 Å². The molecule has 1 N–H and O–H groups in total. The van der Waals surface area contributed by atoms with Gasteiger partial charge in [0, 0.05) is 26.3 Å². The standard InChI is InChI=1S/C21H26N4O4S/c1-6-25(13-20(26)22-16-8-7-14(2)15(3)11-16)30(28,29)17-9-10-18-19(12-17)24(5)21(27)23(18)4/h7-12H,6,13H2,1-5H3,(H,22,26). The van der Waals surface area contributed by atoms with Crippen molar-refractivity contribution >= 4 is 32.7 Å². The smallest absolute Gasteiger partial charge is 0.325 e. The Morgan fingerprint density at radius 2 is 1.67 bits per heavy atom. The molecule has 3 rings (SSSR count). The van der Waals surface area contributed by atoms with Gasteiger partial charge in [0.05, 0.1) is 22.5 Å². The van der Waals surface area contributed by atoms with E-state index in [1.54, 1.807) is 33.2 Å². The Balaban J connectivity index is 1.86. The average molecular weight is 431 g/mol. The number of carbonyl (C=O) groups is 1. The van der Waals surface area contributed by atoms with Gasteiger partial charge in [0.25, 0.3) is 0 Å². The summed E-state index contributed by atoms with van der Waals surface area (Å²) in [4.78, 5) is 24.7. The first-order valence-electron chi connectivity index (χ1n) is 9.59. The lowest BCUT2D eigenvalue weighted by Gasteiger charge is -2.20. The van der Waals surface area contributed by atoms with E-state index in [0.717, 1.165) is 15.4 Å². The molecule has 0 spiro atoms. The monoisotopic (exact) mass is 430 g/mol. The third kappa shape index (κ3) is 3.90. The van der Waals surface area contributed by atoms with Crippen LogP contribution in [-0.4, -0.2) is 40.9 Å². The Labute approximate surface area is 175 Å². The Hall–Kier alpha value is -2.91. The minimum Gasteiger partial charge on any atom is -0.325 e. The molecule has 0 aliphatic carbocycles. The summed E-state index contributed by atoms with van der Waals surface area (Å²) in [5.41, 5.74) is 3.68. The zero-order valence-corrected chi connectivity index (χ0v) is 18.6. The highest BCUT2D eigenvalue weighted by Gasteiger charge is 2.26.